The monoisotopic (exact) mass is 1820 g/mol. The average Bonchev–Trinajstić information content (AvgIpc) is 0.761. The summed E-state index contributed by atoms with van der Waals surface area (Å²) in [6.07, 6.45) is 5.68. The molecule has 0 bridgehead atoms. The molecule has 0 amide bonds. The highest BCUT2D eigenvalue weighted by Crippen LogP contribution is 2.48. The Labute approximate surface area is 785 Å². The van der Waals surface area contributed by atoms with Crippen LogP contribution in [-0.4, -0.2) is 44.9 Å². The molecule has 0 saturated carbocycles. The number of aromatic nitrogens is 9. The van der Waals surface area contributed by atoms with Crippen molar-refractivity contribution in [3.05, 3.63) is 464 Å². The van der Waals surface area contributed by atoms with Gasteiger partial charge in [-0.2, -0.15) is 0 Å². The first-order valence-electron chi connectivity index (χ1n) is 44.1. The van der Waals surface area contributed by atoms with Crippen LogP contribution in [0.3, 0.4) is 0 Å². The van der Waals surface area contributed by atoms with Crippen molar-refractivity contribution < 1.29 is 0 Å². The largest absolute Gasteiger partial charge is 0.256 e. The van der Waals surface area contributed by atoms with Crippen molar-refractivity contribution >= 4 is 31.9 Å². The van der Waals surface area contributed by atoms with Gasteiger partial charge in [-0.3, -0.25) is 15.0 Å². The Bertz CT molecular complexity index is 7290. The lowest BCUT2D eigenvalue weighted by atomic mass is 9.84. The molecule has 0 aliphatic carbocycles. The first kappa shape index (κ1) is 82.9. The fourth-order valence-electron chi connectivity index (χ4n) is 17.4. The van der Waals surface area contributed by atoms with E-state index in [1.54, 1.807) is 0 Å². The maximum Gasteiger partial charge on any atom is 0.165 e. The van der Waals surface area contributed by atoms with Crippen molar-refractivity contribution in [2.24, 2.45) is 0 Å². The first-order chi connectivity index (χ1) is 64.8. The van der Waals surface area contributed by atoms with Gasteiger partial charge in [-0.25, -0.2) is 29.9 Å². The topological polar surface area (TPSA) is 116 Å². The minimum Gasteiger partial charge on any atom is -0.256 e. The molecule has 11 heteroatoms. The maximum atomic E-state index is 5.20. The first-order valence-corrected chi connectivity index (χ1v) is 45.7. The Morgan fingerprint density at radius 3 is 0.758 bits per heavy atom. The molecule has 5 aromatic heterocycles. The third-order valence-electron chi connectivity index (χ3n) is 24.3. The summed E-state index contributed by atoms with van der Waals surface area (Å²) in [6.45, 7) is 6.75. The van der Waals surface area contributed by atoms with Gasteiger partial charge in [0.25, 0.3) is 0 Å². The molecule has 0 unspecified atom stereocenters. The smallest absolute Gasteiger partial charge is 0.165 e. The zero-order chi connectivity index (χ0) is 89.0. The van der Waals surface area contributed by atoms with E-state index < -0.39 is 0 Å². The second kappa shape index (κ2) is 36.6. The molecule has 0 aliphatic heterocycles. The molecule has 0 aliphatic rings. The second-order valence-corrected chi connectivity index (χ2v) is 35.6. The highest BCUT2D eigenvalue weighted by Gasteiger charge is 2.25. The number of hydrogen-bond donors (Lipinski definition) is 0. The van der Waals surface area contributed by atoms with Crippen LogP contribution in [0.15, 0.2) is 458 Å². The molecule has 0 fully saturated rings. The summed E-state index contributed by atoms with van der Waals surface area (Å²) in [6, 6.07) is 152. The van der Waals surface area contributed by atoms with Crippen LogP contribution in [0.5, 0.6) is 0 Å². The minimum absolute atomic E-state index is 0.0585. The van der Waals surface area contributed by atoms with Crippen molar-refractivity contribution in [3.8, 4) is 224 Å². The third-order valence-corrected chi connectivity index (χ3v) is 25.6. The molecular formula is C121H83Br2N9. The summed E-state index contributed by atoms with van der Waals surface area (Å²) in [5.41, 5.74) is 35.3. The van der Waals surface area contributed by atoms with Gasteiger partial charge in [0.15, 0.2) is 34.9 Å². The summed E-state index contributed by atoms with van der Waals surface area (Å²) in [5.74, 6) is 3.30. The van der Waals surface area contributed by atoms with Crippen LogP contribution in [0, 0.1) is 0 Å². The zero-order valence-corrected chi connectivity index (χ0v) is 75.7. The van der Waals surface area contributed by atoms with Crippen LogP contribution in [0.2, 0.25) is 0 Å². The molecule has 21 rings (SSSR count). The number of nitrogens with zero attached hydrogens (tertiary/aromatic N) is 9. The summed E-state index contributed by atoms with van der Waals surface area (Å²) < 4.78 is 1.83. The van der Waals surface area contributed by atoms with E-state index in [-0.39, 0.29) is 5.41 Å². The van der Waals surface area contributed by atoms with E-state index in [0.29, 0.717) is 34.9 Å². The molecule has 9 nitrogen and oxygen atoms in total. The van der Waals surface area contributed by atoms with E-state index >= 15 is 0 Å². The van der Waals surface area contributed by atoms with Gasteiger partial charge in [0.05, 0.1) is 17.1 Å². The number of halogens is 2. The van der Waals surface area contributed by atoms with E-state index in [9.17, 15) is 0 Å². The Kier molecular flexibility index (Phi) is 23.0. The van der Waals surface area contributed by atoms with Crippen LogP contribution >= 0.6 is 31.9 Å². The summed E-state index contributed by atoms with van der Waals surface area (Å²) in [4.78, 5) is 46.5. The van der Waals surface area contributed by atoms with Crippen molar-refractivity contribution in [2.75, 3.05) is 0 Å². The van der Waals surface area contributed by atoms with E-state index in [1.165, 1.54) is 5.56 Å². The van der Waals surface area contributed by atoms with Gasteiger partial charge in [-0.1, -0.05) is 386 Å². The molecule has 0 N–H and O–H groups in total. The lowest BCUT2D eigenvalue weighted by molar-refractivity contribution is 0.589. The normalized spacial score (nSPS) is 11.4. The van der Waals surface area contributed by atoms with E-state index in [4.69, 9.17) is 44.9 Å². The standard InChI is InChI=1S/C121H83Br2N9/c1-121(2,3)99-63-64-124-114(75-99)87-53-58-106(109(72-87)82-37-17-8-18-38-82)103-50-22-19-47-100(103)96-69-97(101-48-20-23-51-104(101)107-59-54-88(73-110(107)122)112-61-56-94(76-125-112)119-129-115(90-43-25-39-83(65-90)78-29-9-4-10-30-78)127-116(130-119)91-44-26-40-84(66-91)79-31-11-5-12-32-79)71-98(70-96)102-49-21-24-52-105(102)108-60-55-89(74-111(108)123)113-62-57-95(77-126-113)120-131-117(92-45-27-41-85(67-92)80-33-13-6-14-34-80)128-118(132-120)93-46-28-42-86(68-93)81-35-15-7-16-36-81/h4-77H,1-3H3. The fraction of sp³-hybridized carbons (Fsp3) is 0.0331. The number of rotatable bonds is 20. The quantitative estimate of drug-likeness (QED) is 0.0735. The van der Waals surface area contributed by atoms with Gasteiger partial charge in [-0.05, 0) is 230 Å². The molecular weight excluding hydrogens is 1740 g/mol. The highest BCUT2D eigenvalue weighted by molar-refractivity contribution is 9.11. The SMILES string of the molecule is CC(C)(C)c1ccnc(-c2ccc(-c3ccccc3-c3cc(-c4ccccc4-c4ccc(-c5ccc(-c6nc(-c7cccc(-c8ccccc8)c7)nc(-c7cccc(-c8ccccc8)c7)n6)cn5)cc4Br)cc(-c4ccccc4-c4ccc(-c5ccc(-c6nc(-c7cccc(-c8ccccc8)c7)nc(-c7cccc(-c8ccccc8)c7)n6)cn5)cc4Br)c3)c(-c3ccccc3)c2)c1. The molecule has 0 radical (unpaired) electrons. The molecule has 5 heterocycles. The Hall–Kier alpha value is -16.1. The van der Waals surface area contributed by atoms with Gasteiger partial charge in [-0.15, -0.1) is 0 Å². The van der Waals surface area contributed by atoms with Gasteiger partial charge in [0, 0.05) is 77.6 Å². The molecule has 0 spiro atoms. The molecule has 626 valence electrons. The Balaban J connectivity index is 0.642. The van der Waals surface area contributed by atoms with Crippen molar-refractivity contribution in [3.63, 3.8) is 0 Å². The van der Waals surface area contributed by atoms with Crippen molar-refractivity contribution in [2.45, 2.75) is 26.2 Å². The second-order valence-electron chi connectivity index (χ2n) is 33.9. The van der Waals surface area contributed by atoms with Crippen molar-refractivity contribution in [1.82, 2.24) is 44.9 Å². The van der Waals surface area contributed by atoms with Crippen molar-refractivity contribution in [1.29, 1.82) is 0 Å². The van der Waals surface area contributed by atoms with Gasteiger partial charge in [0.1, 0.15) is 0 Å². The van der Waals surface area contributed by atoms with Gasteiger partial charge < -0.3 is 0 Å². The third kappa shape index (κ3) is 17.5. The summed E-state index contributed by atoms with van der Waals surface area (Å²) in [7, 11) is 0. The molecule has 132 heavy (non-hydrogen) atoms. The van der Waals surface area contributed by atoms with Crippen LogP contribution < -0.4 is 0 Å². The average molecular weight is 1820 g/mol. The van der Waals surface area contributed by atoms with Crippen LogP contribution in [0.25, 0.3) is 224 Å². The van der Waals surface area contributed by atoms with E-state index in [1.807, 2.05) is 42.9 Å². The Morgan fingerprint density at radius 2 is 0.432 bits per heavy atom. The lowest BCUT2D eigenvalue weighted by Gasteiger charge is -2.20. The van der Waals surface area contributed by atoms with Crippen LogP contribution in [-0.2, 0) is 5.41 Å². The summed E-state index contributed by atoms with van der Waals surface area (Å²) >= 11 is 8.34. The highest BCUT2D eigenvalue weighted by atomic mass is 79.9. The Morgan fingerprint density at radius 1 is 0.167 bits per heavy atom. The van der Waals surface area contributed by atoms with Gasteiger partial charge in [0.2, 0.25) is 0 Å². The summed E-state index contributed by atoms with van der Waals surface area (Å²) in [5, 5.41) is 0. The molecule has 21 aromatic rings. The maximum absolute atomic E-state index is 5.20. The zero-order valence-electron chi connectivity index (χ0n) is 72.5. The number of pyridine rings is 3. The molecule has 0 saturated heterocycles. The lowest BCUT2D eigenvalue weighted by Crippen LogP contribution is -2.11. The predicted octanol–water partition coefficient (Wildman–Crippen LogP) is 32.4. The van der Waals surface area contributed by atoms with E-state index in [0.717, 1.165) is 198 Å². The number of benzene rings is 16. The number of hydrogen-bond acceptors (Lipinski definition) is 9. The van der Waals surface area contributed by atoms with Gasteiger partial charge >= 0.3 is 0 Å². The fourth-order valence-corrected chi connectivity index (χ4v) is 18.6. The molecule has 16 aromatic carbocycles. The molecule has 0 atom stereocenters. The predicted molar refractivity (Wildman–Crippen MR) is 549 cm³/mol. The van der Waals surface area contributed by atoms with Crippen LogP contribution in [0.1, 0.15) is 26.3 Å². The van der Waals surface area contributed by atoms with Crippen LogP contribution in [0.4, 0.5) is 0 Å². The van der Waals surface area contributed by atoms with E-state index in [2.05, 4.69) is 459 Å². The minimum atomic E-state index is -0.0585.